The minimum atomic E-state index is -1.43. The molecule has 3 nitrogen and oxygen atoms in total. The molecular weight excluding hydrogens is 187 g/mol. The molecule has 0 amide bonds. The van der Waals surface area contributed by atoms with Crippen molar-refractivity contribution >= 4 is 38.1 Å². The van der Waals surface area contributed by atoms with Gasteiger partial charge in [-0.1, -0.05) is 0 Å². The van der Waals surface area contributed by atoms with E-state index < -0.39 is 5.97 Å². The van der Waals surface area contributed by atoms with E-state index in [0.29, 0.717) is 0 Å². The number of aliphatic carboxylic acids is 1. The third kappa shape index (κ3) is 8.99. The number of hydrogen-bond donors (Lipinski definition) is 1. The molecule has 0 bridgehead atoms. The molecule has 0 saturated carbocycles. The summed E-state index contributed by atoms with van der Waals surface area (Å²) in [5.74, 6) is -1.43. The van der Waals surface area contributed by atoms with Crippen LogP contribution in [0.25, 0.3) is 0 Å². The summed E-state index contributed by atoms with van der Waals surface area (Å²) in [5.41, 5.74) is 0. The second kappa shape index (κ2) is 5.01. The number of aldehydes is 1. The molecule has 0 spiro atoms. The van der Waals surface area contributed by atoms with Crippen LogP contribution in [-0.2, 0) is 9.59 Å². The number of carbonyl (C=O) groups is 2. The second-order valence-corrected chi connectivity index (χ2v) is 0.456. The summed E-state index contributed by atoms with van der Waals surface area (Å²) in [5, 5.41) is 7.35. The molecule has 0 atom stereocenters. The molecule has 0 aliphatic rings. The van der Waals surface area contributed by atoms with E-state index in [4.69, 9.17) is 14.7 Å². The molecule has 0 saturated heterocycles. The zero-order valence-electron chi connectivity index (χ0n) is 2.34. The Labute approximate surface area is 53.1 Å². The summed E-state index contributed by atoms with van der Waals surface area (Å²) in [6.45, 7) is 0. The van der Waals surface area contributed by atoms with E-state index in [1.54, 1.807) is 0 Å². The Kier molecular flexibility index (Phi) is 7.83. The van der Waals surface area contributed by atoms with Crippen LogP contribution in [0.3, 0.4) is 0 Å². The van der Waals surface area contributed by atoms with Gasteiger partial charge in [0.15, 0.2) is 0 Å². The zero-order valence-corrected chi connectivity index (χ0v) is 2.34. The van der Waals surface area contributed by atoms with Crippen LogP contribution in [-0.4, -0.2) is 43.2 Å². The summed E-state index contributed by atoms with van der Waals surface area (Å²) >= 11 is 0. The molecule has 1 N–H and O–H groups in total. The van der Waals surface area contributed by atoms with Crippen LogP contribution in [0, 0.1) is 0 Å². The summed E-state index contributed by atoms with van der Waals surface area (Å²) in [4.78, 5) is 17.9. The number of carboxylic acids is 1. The predicted molar refractivity (Wildman–Crippen MR) is 23.6 cm³/mol. The topological polar surface area (TPSA) is 54.4 Å². The number of hydrogen-bond acceptors (Lipinski definition) is 2. The van der Waals surface area contributed by atoms with Crippen LogP contribution >= 0.6 is 0 Å². The van der Waals surface area contributed by atoms with Crippen molar-refractivity contribution < 1.29 is 14.7 Å². The van der Waals surface area contributed by atoms with Crippen molar-refractivity contribution in [1.82, 2.24) is 0 Å². The first kappa shape index (κ1) is 9.38. The van der Waals surface area contributed by atoms with Crippen molar-refractivity contribution in [2.75, 3.05) is 0 Å². The van der Waals surface area contributed by atoms with Crippen LogP contribution in [0.5, 0.6) is 0 Å². The van der Waals surface area contributed by atoms with Gasteiger partial charge in [0.05, 0.1) is 0 Å². The van der Waals surface area contributed by atoms with E-state index in [0.717, 1.165) is 0 Å². The molecule has 0 unspecified atom stereocenters. The Hall–Kier alpha value is 0.0101. The Morgan fingerprint density at radius 2 is 1.83 bits per heavy atom. The van der Waals surface area contributed by atoms with E-state index >= 15 is 0 Å². The molecule has 4 heteroatoms. The van der Waals surface area contributed by atoms with E-state index in [2.05, 4.69) is 0 Å². The van der Waals surface area contributed by atoms with Gasteiger partial charge < -0.3 is 5.11 Å². The molecule has 0 aliphatic carbocycles. The van der Waals surface area contributed by atoms with Gasteiger partial charge in [-0.15, -0.1) is 0 Å². The van der Waals surface area contributed by atoms with Crippen molar-refractivity contribution in [2.45, 2.75) is 0 Å². The van der Waals surface area contributed by atoms with Gasteiger partial charge in [0, 0.05) is 0 Å². The van der Waals surface area contributed by atoms with Crippen molar-refractivity contribution in [1.29, 1.82) is 0 Å². The van der Waals surface area contributed by atoms with Gasteiger partial charge in [-0.05, 0) is 0 Å². The summed E-state index contributed by atoms with van der Waals surface area (Å²) in [6, 6.07) is 0. The standard InChI is InChI=1S/C2H2O3.In.3H/c3-1-2(4)5;;;;/h1H,(H,4,5);;;;. The fourth-order valence-corrected chi connectivity index (χ4v) is 0. The normalized spacial score (nSPS) is 5.33. The fraction of sp³-hybridized carbons (Fsp3) is 0. The molecule has 0 aromatic rings. The van der Waals surface area contributed by atoms with Crippen LogP contribution in [0.2, 0.25) is 0 Å². The maximum absolute atomic E-state index is 9.00. The predicted octanol–water partition coefficient (Wildman–Crippen LogP) is -1.91. The Bertz CT molecular complexity index is 59.8. The van der Waals surface area contributed by atoms with E-state index in [9.17, 15) is 0 Å². The van der Waals surface area contributed by atoms with Crippen molar-refractivity contribution in [2.24, 2.45) is 0 Å². The Morgan fingerprint density at radius 1 is 1.67 bits per heavy atom. The molecule has 0 radical (unpaired) electrons. The van der Waals surface area contributed by atoms with Gasteiger partial charge in [0.2, 0.25) is 6.29 Å². The molecule has 0 fully saturated rings. The average Bonchev–Trinajstić information content (AvgIpc) is 1.38. The van der Waals surface area contributed by atoms with E-state index in [1.165, 1.54) is 0 Å². The summed E-state index contributed by atoms with van der Waals surface area (Å²) in [6.07, 6.45) is -0.167. The van der Waals surface area contributed by atoms with Crippen LogP contribution in [0.1, 0.15) is 0 Å². The average molecular weight is 192 g/mol. The third-order valence-corrected chi connectivity index (χ3v) is 0.101. The first-order valence-electron chi connectivity index (χ1n) is 0.952. The van der Waals surface area contributed by atoms with Crippen molar-refractivity contribution in [3.63, 3.8) is 0 Å². The Balaban J connectivity index is 0. The summed E-state index contributed by atoms with van der Waals surface area (Å²) < 4.78 is 0. The van der Waals surface area contributed by atoms with Crippen LogP contribution in [0.4, 0.5) is 0 Å². The van der Waals surface area contributed by atoms with Gasteiger partial charge in [-0.25, -0.2) is 4.79 Å². The molecule has 0 aliphatic heterocycles. The first-order chi connectivity index (χ1) is 2.27. The van der Waals surface area contributed by atoms with Crippen LogP contribution < -0.4 is 0 Å². The van der Waals surface area contributed by atoms with Gasteiger partial charge in [0.25, 0.3) is 0 Å². The SMILES string of the molecule is O=CC(=O)O.[InH3]. The molecule has 34 valence electrons. The number of carbonyl (C=O) groups excluding carboxylic acids is 1. The maximum atomic E-state index is 9.00. The summed E-state index contributed by atoms with van der Waals surface area (Å²) in [7, 11) is 0. The zero-order chi connectivity index (χ0) is 4.28. The third-order valence-electron chi connectivity index (χ3n) is 0.101. The second-order valence-electron chi connectivity index (χ2n) is 0.456. The monoisotopic (exact) mass is 192 g/mol. The van der Waals surface area contributed by atoms with Crippen LogP contribution in [0.15, 0.2) is 0 Å². The van der Waals surface area contributed by atoms with E-state index in [1.807, 2.05) is 0 Å². The quantitative estimate of drug-likeness (QED) is 0.389. The number of carboxylic acid groups (broad SMARTS) is 1. The van der Waals surface area contributed by atoms with Crippen molar-refractivity contribution in [3.05, 3.63) is 0 Å². The van der Waals surface area contributed by atoms with Crippen molar-refractivity contribution in [3.8, 4) is 0 Å². The molecule has 0 aromatic carbocycles. The van der Waals surface area contributed by atoms with E-state index in [-0.39, 0.29) is 32.1 Å². The molecule has 0 aromatic heterocycles. The number of rotatable bonds is 1. The first-order valence-corrected chi connectivity index (χ1v) is 0.952. The fourth-order valence-electron chi connectivity index (χ4n) is 0. The molecule has 6 heavy (non-hydrogen) atoms. The Morgan fingerprint density at radius 3 is 1.83 bits per heavy atom. The molecule has 0 rings (SSSR count). The molecular formula is C2H5InO3. The minimum absolute atomic E-state index is 0. The van der Waals surface area contributed by atoms with Gasteiger partial charge in [-0.3, -0.25) is 4.79 Å². The van der Waals surface area contributed by atoms with Gasteiger partial charge in [0.1, 0.15) is 0 Å². The van der Waals surface area contributed by atoms with Gasteiger partial charge in [-0.2, -0.15) is 0 Å². The van der Waals surface area contributed by atoms with Gasteiger partial charge >= 0.3 is 31.8 Å². The molecule has 0 heterocycles.